The van der Waals surface area contributed by atoms with Gasteiger partial charge in [-0.25, -0.2) is 13.8 Å². The summed E-state index contributed by atoms with van der Waals surface area (Å²) in [7, 11) is -3.98. The molecule has 1 N–H and O–H groups in total. The monoisotopic (exact) mass is 531 g/mol. The highest BCUT2D eigenvalue weighted by molar-refractivity contribution is 7.89. The lowest BCUT2D eigenvalue weighted by Gasteiger charge is -2.24. The molecule has 0 spiro atoms. The van der Waals surface area contributed by atoms with E-state index in [4.69, 9.17) is 23.2 Å². The van der Waals surface area contributed by atoms with Crippen molar-refractivity contribution in [2.24, 2.45) is 5.10 Å². The molecule has 3 aromatic rings. The van der Waals surface area contributed by atoms with Crippen molar-refractivity contribution in [2.45, 2.75) is 39.1 Å². The number of hydrogen-bond donors (Lipinski definition) is 1. The number of benzene rings is 3. The molecule has 0 fully saturated rings. The van der Waals surface area contributed by atoms with E-state index in [1.165, 1.54) is 10.5 Å². The molecule has 0 bridgehead atoms. The third-order valence-corrected chi connectivity index (χ3v) is 8.19. The molecule has 0 saturated carbocycles. The first-order valence-electron chi connectivity index (χ1n) is 10.9. The van der Waals surface area contributed by atoms with E-state index in [0.717, 1.165) is 16.7 Å². The maximum Gasteiger partial charge on any atom is 0.255 e. The number of nitrogens with one attached hydrogen (secondary N) is 1. The van der Waals surface area contributed by atoms with Crippen LogP contribution in [0.5, 0.6) is 0 Å². The van der Waals surface area contributed by atoms with E-state index in [1.54, 1.807) is 32.0 Å². The lowest BCUT2D eigenvalue weighted by molar-refractivity contribution is -0.121. The van der Waals surface area contributed by atoms with E-state index >= 15 is 0 Å². The molecule has 0 aliphatic heterocycles. The van der Waals surface area contributed by atoms with Gasteiger partial charge in [0.25, 0.3) is 5.91 Å². The third-order valence-electron chi connectivity index (χ3n) is 5.35. The van der Waals surface area contributed by atoms with Crippen molar-refractivity contribution in [3.63, 3.8) is 0 Å². The van der Waals surface area contributed by atoms with Crippen LogP contribution < -0.4 is 5.43 Å². The predicted molar refractivity (Wildman–Crippen MR) is 142 cm³/mol. The molecule has 0 saturated heterocycles. The lowest BCUT2D eigenvalue weighted by atomic mass is 10.1. The molecule has 3 aromatic carbocycles. The Balaban J connectivity index is 1.86. The quantitative estimate of drug-likeness (QED) is 0.305. The Labute approximate surface area is 216 Å². The molecule has 184 valence electrons. The number of rotatable bonds is 8. The van der Waals surface area contributed by atoms with Crippen molar-refractivity contribution in [2.75, 3.05) is 6.54 Å². The van der Waals surface area contributed by atoms with Crippen molar-refractivity contribution in [1.29, 1.82) is 0 Å². The van der Waals surface area contributed by atoms with Gasteiger partial charge in [0, 0.05) is 6.54 Å². The van der Waals surface area contributed by atoms with E-state index in [-0.39, 0.29) is 11.4 Å². The van der Waals surface area contributed by atoms with Crippen molar-refractivity contribution < 1.29 is 13.2 Å². The van der Waals surface area contributed by atoms with Crippen molar-refractivity contribution >= 4 is 45.3 Å². The minimum Gasteiger partial charge on any atom is -0.272 e. The van der Waals surface area contributed by atoms with Gasteiger partial charge in [-0.05, 0) is 62.1 Å². The van der Waals surface area contributed by atoms with Gasteiger partial charge in [0.05, 0.1) is 27.7 Å². The normalized spacial score (nSPS) is 11.9. The molecule has 0 heterocycles. The number of nitrogens with zero attached hydrogens (tertiary/aromatic N) is 2. The highest BCUT2D eigenvalue weighted by atomic mass is 35.5. The largest absolute Gasteiger partial charge is 0.272 e. The first-order valence-corrected chi connectivity index (χ1v) is 13.1. The molecule has 1 amide bonds. The average Bonchev–Trinajstić information content (AvgIpc) is 2.76. The minimum atomic E-state index is -3.98. The Morgan fingerprint density at radius 1 is 0.914 bits per heavy atom. The van der Waals surface area contributed by atoms with Gasteiger partial charge in [0.2, 0.25) is 10.0 Å². The number of carbonyl (C=O) groups is 1. The fourth-order valence-electron chi connectivity index (χ4n) is 3.79. The third kappa shape index (κ3) is 6.92. The van der Waals surface area contributed by atoms with E-state index < -0.39 is 22.5 Å². The van der Waals surface area contributed by atoms with Gasteiger partial charge in [-0.15, -0.1) is 0 Å². The molecule has 0 aliphatic rings. The summed E-state index contributed by atoms with van der Waals surface area (Å²) in [5.41, 5.74) is 7.10. The highest BCUT2D eigenvalue weighted by Crippen LogP contribution is 2.26. The number of carbonyl (C=O) groups excluding carboxylic acids is 1. The van der Waals surface area contributed by atoms with Crippen molar-refractivity contribution in [1.82, 2.24) is 9.73 Å². The standard InChI is InChI=1S/C26H27Cl2N3O3S/c1-17-5-7-21(8-6-17)15-31(35(33,34)26-19(3)11-18(2)12-20(26)4)16-25(32)30-29-14-22-9-10-23(27)24(28)13-22/h5-14H,15-16H2,1-4H3,(H,30,32)/b29-14+. The van der Waals surface area contributed by atoms with E-state index in [0.29, 0.717) is 26.7 Å². The SMILES string of the molecule is Cc1ccc(CN(CC(=O)N/N=C/c2ccc(Cl)c(Cl)c2)S(=O)(=O)c2c(C)cc(C)cc2C)cc1. The van der Waals surface area contributed by atoms with Crippen LogP contribution in [0, 0.1) is 27.7 Å². The van der Waals surface area contributed by atoms with Gasteiger partial charge in [-0.3, -0.25) is 4.79 Å². The first kappa shape index (κ1) is 26.9. The van der Waals surface area contributed by atoms with Gasteiger partial charge >= 0.3 is 0 Å². The van der Waals surface area contributed by atoms with Crippen LogP contribution in [0.15, 0.2) is 64.6 Å². The van der Waals surface area contributed by atoms with Crippen LogP contribution in [-0.2, 0) is 21.4 Å². The minimum absolute atomic E-state index is 0.0410. The topological polar surface area (TPSA) is 78.8 Å². The molecule has 0 aromatic heterocycles. The molecular weight excluding hydrogens is 505 g/mol. The van der Waals surface area contributed by atoms with Gasteiger partial charge < -0.3 is 0 Å². The second-order valence-electron chi connectivity index (χ2n) is 8.45. The van der Waals surface area contributed by atoms with Crippen LogP contribution in [0.3, 0.4) is 0 Å². The smallest absolute Gasteiger partial charge is 0.255 e. The molecule has 0 atom stereocenters. The van der Waals surface area contributed by atoms with Gasteiger partial charge in [-0.2, -0.15) is 9.41 Å². The van der Waals surface area contributed by atoms with E-state index in [2.05, 4.69) is 10.5 Å². The van der Waals surface area contributed by atoms with E-state index in [1.807, 2.05) is 50.2 Å². The molecule has 0 unspecified atom stereocenters. The Morgan fingerprint density at radius 3 is 2.14 bits per heavy atom. The molecule has 35 heavy (non-hydrogen) atoms. The number of aryl methyl sites for hydroxylation is 4. The molecule has 0 radical (unpaired) electrons. The Hall–Kier alpha value is -2.71. The summed E-state index contributed by atoms with van der Waals surface area (Å²) < 4.78 is 28.6. The fraction of sp³-hybridized carbons (Fsp3) is 0.231. The average molecular weight is 532 g/mol. The number of halogens is 2. The highest BCUT2D eigenvalue weighted by Gasteiger charge is 2.30. The zero-order chi connectivity index (χ0) is 25.8. The zero-order valence-corrected chi connectivity index (χ0v) is 22.3. The predicted octanol–water partition coefficient (Wildman–Crippen LogP) is 5.57. The van der Waals surface area contributed by atoms with Crippen LogP contribution in [0.2, 0.25) is 10.0 Å². The number of hydrogen-bond acceptors (Lipinski definition) is 4. The van der Waals surface area contributed by atoms with Crippen molar-refractivity contribution in [3.05, 3.63) is 98.0 Å². The Kier molecular flexibility index (Phi) is 8.72. The summed E-state index contributed by atoms with van der Waals surface area (Å²) in [5, 5.41) is 4.71. The number of hydrazone groups is 1. The fourth-order valence-corrected chi connectivity index (χ4v) is 5.90. The molecule has 9 heteroatoms. The lowest BCUT2D eigenvalue weighted by Crippen LogP contribution is -2.39. The van der Waals surface area contributed by atoms with Crippen LogP contribution in [-0.4, -0.2) is 31.4 Å². The molecular formula is C26H27Cl2N3O3S. The molecule has 3 rings (SSSR count). The molecule has 6 nitrogen and oxygen atoms in total. The van der Waals surface area contributed by atoms with Crippen LogP contribution in [0.1, 0.15) is 33.4 Å². The summed E-state index contributed by atoms with van der Waals surface area (Å²) in [6, 6.07) is 16.1. The summed E-state index contributed by atoms with van der Waals surface area (Å²) >= 11 is 11.9. The van der Waals surface area contributed by atoms with E-state index in [9.17, 15) is 13.2 Å². The van der Waals surface area contributed by atoms with Gasteiger partial charge in [-0.1, -0.05) is 76.8 Å². The van der Waals surface area contributed by atoms with Crippen LogP contribution >= 0.6 is 23.2 Å². The summed E-state index contributed by atoms with van der Waals surface area (Å²) in [6.45, 7) is 7.04. The maximum absolute atomic E-state index is 13.7. The van der Waals surface area contributed by atoms with Gasteiger partial charge in [0.1, 0.15) is 0 Å². The Morgan fingerprint density at radius 2 is 1.54 bits per heavy atom. The maximum atomic E-state index is 13.7. The number of amides is 1. The second kappa shape index (κ2) is 11.4. The second-order valence-corrected chi connectivity index (χ2v) is 11.1. The molecule has 0 aliphatic carbocycles. The summed E-state index contributed by atoms with van der Waals surface area (Å²) in [4.78, 5) is 12.9. The van der Waals surface area contributed by atoms with Crippen LogP contribution in [0.4, 0.5) is 0 Å². The summed E-state index contributed by atoms with van der Waals surface area (Å²) in [6.07, 6.45) is 1.41. The Bertz CT molecular complexity index is 1350. The van der Waals surface area contributed by atoms with Crippen molar-refractivity contribution in [3.8, 4) is 0 Å². The van der Waals surface area contributed by atoms with Crippen LogP contribution in [0.25, 0.3) is 0 Å². The van der Waals surface area contributed by atoms with Gasteiger partial charge in [0.15, 0.2) is 0 Å². The number of sulfonamides is 1. The zero-order valence-electron chi connectivity index (χ0n) is 20.0. The first-order chi connectivity index (χ1) is 16.5. The summed E-state index contributed by atoms with van der Waals surface area (Å²) in [5.74, 6) is -0.570.